The third-order valence-corrected chi connectivity index (χ3v) is 5.77. The number of hydrogen-bond acceptors (Lipinski definition) is 6. The van der Waals surface area contributed by atoms with Crippen LogP contribution in [0.5, 0.6) is 0 Å². The number of halogens is 1. The van der Waals surface area contributed by atoms with E-state index >= 15 is 0 Å². The number of nitrogens with one attached hydrogen (secondary N) is 2. The number of carbonyl (C=O) groups excluding carboxylic acids is 3. The lowest BCUT2D eigenvalue weighted by Crippen LogP contribution is -2.42. The van der Waals surface area contributed by atoms with Crippen molar-refractivity contribution in [1.82, 2.24) is 10.6 Å². The third kappa shape index (κ3) is 5.99. The quantitative estimate of drug-likeness (QED) is 0.661. The van der Waals surface area contributed by atoms with Gasteiger partial charge in [-0.3, -0.25) is 9.59 Å². The number of sulfone groups is 1. The summed E-state index contributed by atoms with van der Waals surface area (Å²) in [5.74, 6) is -1.92. The molecule has 0 unspecified atom stereocenters. The van der Waals surface area contributed by atoms with Crippen LogP contribution in [0.4, 0.5) is 0 Å². The molecular formula is C16H19ClN2O6S. The highest BCUT2D eigenvalue weighted by Crippen LogP contribution is 2.11. The number of ether oxygens (including phenoxy) is 1. The SMILES string of the molecule is C[C@H](NC(=O)c1ccc(Cl)cc1)C(=O)OCC(=O)N[C@H]1CCS(=O)(=O)C1. The summed E-state index contributed by atoms with van der Waals surface area (Å²) in [5, 5.41) is 5.44. The zero-order valence-corrected chi connectivity index (χ0v) is 15.6. The molecule has 2 rings (SSSR count). The monoisotopic (exact) mass is 402 g/mol. The molecule has 26 heavy (non-hydrogen) atoms. The Bertz CT molecular complexity index is 793. The van der Waals surface area contributed by atoms with Gasteiger partial charge in [-0.2, -0.15) is 0 Å². The van der Waals surface area contributed by atoms with Crippen molar-refractivity contribution < 1.29 is 27.5 Å². The van der Waals surface area contributed by atoms with Crippen LogP contribution in [0.1, 0.15) is 23.7 Å². The van der Waals surface area contributed by atoms with Gasteiger partial charge in [0.25, 0.3) is 11.8 Å². The van der Waals surface area contributed by atoms with Crippen LogP contribution in [-0.2, 0) is 24.2 Å². The molecule has 2 N–H and O–H groups in total. The molecule has 1 aliphatic rings. The molecule has 2 atom stereocenters. The average molecular weight is 403 g/mol. The standard InChI is InChI=1S/C16H19ClN2O6S/c1-10(18-15(21)11-2-4-12(17)5-3-11)16(22)25-8-14(20)19-13-6-7-26(23,24)9-13/h2-5,10,13H,6-9H2,1H3,(H,18,21)(H,19,20)/t10-,13-/m0/s1. The summed E-state index contributed by atoms with van der Waals surface area (Å²) in [7, 11) is -3.11. The van der Waals surface area contributed by atoms with Crippen molar-refractivity contribution in [3.05, 3.63) is 34.9 Å². The van der Waals surface area contributed by atoms with Crippen molar-refractivity contribution in [2.75, 3.05) is 18.1 Å². The van der Waals surface area contributed by atoms with Gasteiger partial charge in [0.1, 0.15) is 6.04 Å². The molecule has 0 aliphatic carbocycles. The minimum atomic E-state index is -3.11. The van der Waals surface area contributed by atoms with E-state index in [0.717, 1.165) is 0 Å². The summed E-state index contributed by atoms with van der Waals surface area (Å²) in [4.78, 5) is 35.6. The molecule has 0 bridgehead atoms. The molecule has 8 nitrogen and oxygen atoms in total. The molecule has 2 amide bonds. The predicted molar refractivity (Wildman–Crippen MR) is 94.5 cm³/mol. The molecule has 0 spiro atoms. The van der Waals surface area contributed by atoms with E-state index in [1.54, 1.807) is 12.1 Å². The fourth-order valence-electron chi connectivity index (χ4n) is 2.38. The Kier molecular flexibility index (Phi) is 6.60. The highest BCUT2D eigenvalue weighted by molar-refractivity contribution is 7.91. The molecule has 142 valence electrons. The predicted octanol–water partition coefficient (Wildman–Crippen LogP) is 0.305. The lowest BCUT2D eigenvalue weighted by Gasteiger charge is -2.14. The van der Waals surface area contributed by atoms with Gasteiger partial charge < -0.3 is 15.4 Å². The minimum absolute atomic E-state index is 0.0332. The van der Waals surface area contributed by atoms with Crippen LogP contribution < -0.4 is 10.6 Å². The van der Waals surface area contributed by atoms with Gasteiger partial charge in [0, 0.05) is 16.6 Å². The minimum Gasteiger partial charge on any atom is -0.454 e. The largest absolute Gasteiger partial charge is 0.454 e. The molecule has 1 aromatic rings. The van der Waals surface area contributed by atoms with Crippen molar-refractivity contribution in [3.63, 3.8) is 0 Å². The van der Waals surface area contributed by atoms with Gasteiger partial charge in [-0.15, -0.1) is 0 Å². The molecule has 1 fully saturated rings. The van der Waals surface area contributed by atoms with E-state index in [9.17, 15) is 22.8 Å². The topological polar surface area (TPSA) is 119 Å². The lowest BCUT2D eigenvalue weighted by molar-refractivity contribution is -0.150. The first-order valence-corrected chi connectivity index (χ1v) is 10.1. The Morgan fingerprint density at radius 2 is 1.92 bits per heavy atom. The molecule has 1 saturated heterocycles. The fourth-order valence-corrected chi connectivity index (χ4v) is 4.18. The molecule has 0 saturated carbocycles. The van der Waals surface area contributed by atoms with Crippen LogP contribution in [0.25, 0.3) is 0 Å². The van der Waals surface area contributed by atoms with E-state index in [1.807, 2.05) is 0 Å². The summed E-state index contributed by atoms with van der Waals surface area (Å²) in [6.07, 6.45) is 0.343. The second kappa shape index (κ2) is 8.50. The number of esters is 1. The molecule has 1 aromatic carbocycles. The number of hydrogen-bond donors (Lipinski definition) is 2. The van der Waals surface area contributed by atoms with Gasteiger partial charge in [-0.05, 0) is 37.6 Å². The Morgan fingerprint density at radius 3 is 2.50 bits per heavy atom. The van der Waals surface area contributed by atoms with E-state index < -0.39 is 46.3 Å². The number of carbonyl (C=O) groups is 3. The first-order valence-electron chi connectivity index (χ1n) is 7.89. The van der Waals surface area contributed by atoms with Crippen LogP contribution in [0.3, 0.4) is 0 Å². The average Bonchev–Trinajstić information content (AvgIpc) is 2.91. The van der Waals surface area contributed by atoms with Crippen LogP contribution in [0.15, 0.2) is 24.3 Å². The smallest absolute Gasteiger partial charge is 0.328 e. The molecule has 0 aromatic heterocycles. The van der Waals surface area contributed by atoms with Crippen molar-refractivity contribution in [1.29, 1.82) is 0 Å². The van der Waals surface area contributed by atoms with Crippen LogP contribution >= 0.6 is 11.6 Å². The summed E-state index contributed by atoms with van der Waals surface area (Å²) in [5.41, 5.74) is 0.328. The van der Waals surface area contributed by atoms with Crippen molar-refractivity contribution in [3.8, 4) is 0 Å². The summed E-state index contributed by atoms with van der Waals surface area (Å²) >= 11 is 5.74. The highest BCUT2D eigenvalue weighted by Gasteiger charge is 2.29. The maximum absolute atomic E-state index is 12.0. The molecule has 1 aliphatic heterocycles. The van der Waals surface area contributed by atoms with Gasteiger partial charge in [-0.1, -0.05) is 11.6 Å². The van der Waals surface area contributed by atoms with Gasteiger partial charge >= 0.3 is 5.97 Å². The Balaban J connectivity index is 1.75. The third-order valence-electron chi connectivity index (χ3n) is 3.75. The molecular weight excluding hydrogens is 384 g/mol. The fraction of sp³-hybridized carbons (Fsp3) is 0.438. The van der Waals surface area contributed by atoms with E-state index in [-0.39, 0.29) is 11.5 Å². The van der Waals surface area contributed by atoms with Crippen LogP contribution in [0.2, 0.25) is 5.02 Å². The van der Waals surface area contributed by atoms with Gasteiger partial charge in [-0.25, -0.2) is 13.2 Å². The van der Waals surface area contributed by atoms with Crippen molar-refractivity contribution in [2.24, 2.45) is 0 Å². The normalized spacial score (nSPS) is 19.4. The highest BCUT2D eigenvalue weighted by atomic mass is 35.5. The molecule has 10 heteroatoms. The van der Waals surface area contributed by atoms with E-state index in [2.05, 4.69) is 10.6 Å². The summed E-state index contributed by atoms with van der Waals surface area (Å²) in [6.45, 7) is 0.883. The van der Waals surface area contributed by atoms with E-state index in [4.69, 9.17) is 16.3 Å². The second-order valence-electron chi connectivity index (χ2n) is 5.98. The summed E-state index contributed by atoms with van der Waals surface area (Å²) in [6, 6.07) is 4.70. The molecule has 1 heterocycles. The van der Waals surface area contributed by atoms with E-state index in [0.29, 0.717) is 17.0 Å². The van der Waals surface area contributed by atoms with E-state index in [1.165, 1.54) is 19.1 Å². The molecule has 0 radical (unpaired) electrons. The Morgan fingerprint density at radius 1 is 1.27 bits per heavy atom. The second-order valence-corrected chi connectivity index (χ2v) is 8.64. The number of amides is 2. The Labute approximate surface area is 156 Å². The van der Waals surface area contributed by atoms with Gasteiger partial charge in [0.05, 0.1) is 11.5 Å². The number of rotatable bonds is 6. The van der Waals surface area contributed by atoms with Gasteiger partial charge in [0.2, 0.25) is 0 Å². The van der Waals surface area contributed by atoms with Gasteiger partial charge in [0.15, 0.2) is 16.4 Å². The zero-order valence-electron chi connectivity index (χ0n) is 14.0. The zero-order chi connectivity index (χ0) is 19.3. The maximum atomic E-state index is 12.0. The first-order chi connectivity index (χ1) is 12.2. The summed E-state index contributed by atoms with van der Waals surface area (Å²) < 4.78 is 27.5. The first kappa shape index (κ1) is 20.2. The maximum Gasteiger partial charge on any atom is 0.328 e. The Hall–Kier alpha value is -2.13. The van der Waals surface area contributed by atoms with Crippen LogP contribution in [0, 0.1) is 0 Å². The lowest BCUT2D eigenvalue weighted by atomic mass is 10.2. The number of benzene rings is 1. The van der Waals surface area contributed by atoms with Crippen LogP contribution in [-0.4, -0.2) is 56.4 Å². The van der Waals surface area contributed by atoms with Crippen molar-refractivity contribution in [2.45, 2.75) is 25.4 Å². The van der Waals surface area contributed by atoms with Crippen molar-refractivity contribution >= 4 is 39.2 Å².